The van der Waals surface area contributed by atoms with Crippen LogP contribution in [-0.2, 0) is 0 Å². The van der Waals surface area contributed by atoms with Gasteiger partial charge in [-0.1, -0.05) is 57.6 Å². The maximum absolute atomic E-state index is 10.9. The van der Waals surface area contributed by atoms with E-state index in [9.17, 15) is 10.2 Å². The molecule has 2 nitrogen and oxygen atoms in total. The van der Waals surface area contributed by atoms with Crippen LogP contribution in [0.1, 0.15) is 91.9 Å². The van der Waals surface area contributed by atoms with Crippen LogP contribution in [-0.4, -0.2) is 22.4 Å². The number of hydrogen-bond acceptors (Lipinski definition) is 2. The van der Waals surface area contributed by atoms with Crippen molar-refractivity contribution in [2.45, 2.75) is 104 Å². The van der Waals surface area contributed by atoms with Crippen LogP contribution in [0.25, 0.3) is 0 Å². The zero-order valence-electron chi connectivity index (χ0n) is 19.3. The van der Waals surface area contributed by atoms with Gasteiger partial charge in [0.2, 0.25) is 0 Å². The molecule has 0 unspecified atom stereocenters. The quantitative estimate of drug-likeness (QED) is 0.528. The number of aliphatic hydroxyl groups is 2. The minimum absolute atomic E-state index is 0.165. The lowest BCUT2D eigenvalue weighted by Crippen LogP contribution is -2.39. The molecule has 164 valence electrons. The van der Waals surface area contributed by atoms with Gasteiger partial charge >= 0.3 is 0 Å². The first kappa shape index (κ1) is 22.8. The third kappa shape index (κ3) is 5.07. The highest BCUT2D eigenvalue weighted by Crippen LogP contribution is 2.60. The third-order valence-electron chi connectivity index (χ3n) is 8.51. The van der Waals surface area contributed by atoms with Crippen molar-refractivity contribution in [1.82, 2.24) is 0 Å². The molecule has 2 heteroatoms. The van der Waals surface area contributed by atoms with Crippen molar-refractivity contribution in [1.29, 1.82) is 0 Å². The van der Waals surface area contributed by atoms with Gasteiger partial charge in [0.05, 0.1) is 12.2 Å². The molecule has 3 rings (SSSR count). The monoisotopic (exact) mass is 400 g/mol. The molecule has 0 radical (unpaired) electrons. The van der Waals surface area contributed by atoms with Crippen molar-refractivity contribution in [3.63, 3.8) is 0 Å². The highest BCUT2D eigenvalue weighted by molar-refractivity contribution is 5.36. The molecule has 3 fully saturated rings. The Labute approximate surface area is 179 Å². The fraction of sp³-hybridized carbons (Fsp3) is 0.778. The van der Waals surface area contributed by atoms with Crippen LogP contribution in [0.2, 0.25) is 0 Å². The average molecular weight is 401 g/mol. The maximum Gasteiger partial charge on any atom is 0.0583 e. The lowest BCUT2D eigenvalue weighted by Gasteiger charge is -2.45. The first-order chi connectivity index (χ1) is 13.7. The Hall–Kier alpha value is -0.860. The molecule has 29 heavy (non-hydrogen) atoms. The largest absolute Gasteiger partial charge is 0.393 e. The number of fused-ring (bicyclic) bond motifs is 1. The fourth-order valence-electron chi connectivity index (χ4n) is 6.57. The van der Waals surface area contributed by atoms with Crippen molar-refractivity contribution in [2.75, 3.05) is 0 Å². The molecule has 0 heterocycles. The molecule has 3 saturated carbocycles. The van der Waals surface area contributed by atoms with Gasteiger partial charge < -0.3 is 10.2 Å². The van der Waals surface area contributed by atoms with Gasteiger partial charge in [-0.3, -0.25) is 0 Å². The van der Waals surface area contributed by atoms with E-state index in [1.165, 1.54) is 43.3 Å². The van der Waals surface area contributed by atoms with Crippen molar-refractivity contribution in [3.8, 4) is 0 Å². The zero-order chi connectivity index (χ0) is 21.2. The molecule has 0 aromatic carbocycles. The summed E-state index contributed by atoms with van der Waals surface area (Å²) >= 11 is 0. The Balaban J connectivity index is 1.73. The molecule has 0 aromatic heterocycles. The second kappa shape index (κ2) is 9.52. The van der Waals surface area contributed by atoms with E-state index >= 15 is 0 Å². The second-order valence-corrected chi connectivity index (χ2v) is 10.9. The molecule has 0 bridgehead atoms. The summed E-state index contributed by atoms with van der Waals surface area (Å²) in [6, 6.07) is 0. The van der Waals surface area contributed by atoms with Crippen molar-refractivity contribution in [3.05, 3.63) is 35.5 Å². The smallest absolute Gasteiger partial charge is 0.0583 e. The molecule has 6 atom stereocenters. The molecule has 2 N–H and O–H groups in total. The number of aliphatic hydroxyl groups excluding tert-OH is 2. The average Bonchev–Trinajstić information content (AvgIpc) is 3.03. The number of rotatable bonds is 6. The van der Waals surface area contributed by atoms with Gasteiger partial charge in [0.1, 0.15) is 0 Å². The molecule has 0 saturated heterocycles. The van der Waals surface area contributed by atoms with Crippen LogP contribution < -0.4 is 0 Å². The fourth-order valence-corrected chi connectivity index (χ4v) is 6.57. The molecule has 3 aliphatic carbocycles. The topological polar surface area (TPSA) is 40.5 Å². The summed E-state index contributed by atoms with van der Waals surface area (Å²) in [5.41, 5.74) is 4.38. The Morgan fingerprint density at radius 3 is 2.59 bits per heavy atom. The van der Waals surface area contributed by atoms with E-state index in [1.54, 1.807) is 5.57 Å². The first-order valence-corrected chi connectivity index (χ1v) is 12.2. The van der Waals surface area contributed by atoms with E-state index in [4.69, 9.17) is 0 Å². The Morgan fingerprint density at radius 1 is 1.10 bits per heavy atom. The summed E-state index contributed by atoms with van der Waals surface area (Å²) < 4.78 is 0. The molecular formula is C27H44O2. The predicted molar refractivity (Wildman–Crippen MR) is 123 cm³/mol. The molecular weight excluding hydrogens is 356 g/mol. The zero-order valence-corrected chi connectivity index (χ0v) is 19.3. The SMILES string of the molecule is C=C1CC[C@H](O)C/C1=C\C=C1/CCC[C@@]2(C)[C@@H]1CC[C@@H]2[C@H](C)[C@@H](O)CCC(C)C. The highest BCUT2D eigenvalue weighted by atomic mass is 16.3. The van der Waals surface area contributed by atoms with Crippen molar-refractivity contribution < 1.29 is 10.2 Å². The van der Waals surface area contributed by atoms with Gasteiger partial charge in [0.25, 0.3) is 0 Å². The van der Waals surface area contributed by atoms with E-state index in [1.807, 2.05) is 0 Å². The minimum Gasteiger partial charge on any atom is -0.393 e. The molecule has 0 amide bonds. The van der Waals surface area contributed by atoms with E-state index in [0.29, 0.717) is 29.1 Å². The number of allylic oxidation sites excluding steroid dienone is 4. The summed E-state index contributed by atoms with van der Waals surface area (Å²) in [4.78, 5) is 0. The highest BCUT2D eigenvalue weighted by Gasteiger charge is 2.51. The van der Waals surface area contributed by atoms with E-state index in [2.05, 4.69) is 46.4 Å². The van der Waals surface area contributed by atoms with E-state index < -0.39 is 0 Å². The van der Waals surface area contributed by atoms with Crippen LogP contribution >= 0.6 is 0 Å². The standard InChI is InChI=1S/C27H44O2/c1-18(2)8-15-26(29)20(4)24-13-14-25-21(7-6-16-27(24,25)5)10-11-22-17-23(28)12-9-19(22)3/h10-11,18,20,23-26,28-29H,3,6-9,12-17H2,1-2,4-5H3/b21-10+,22-11+/t20-,23-,24+,25+,26-,27+/m0/s1. The van der Waals surface area contributed by atoms with Crippen LogP contribution in [0, 0.1) is 29.1 Å². The summed E-state index contributed by atoms with van der Waals surface area (Å²) in [6.45, 7) is 13.5. The molecule has 3 aliphatic rings. The summed E-state index contributed by atoms with van der Waals surface area (Å²) in [5.74, 6) is 2.32. The Bertz CT molecular complexity index is 643. The molecule has 0 aliphatic heterocycles. The summed E-state index contributed by atoms with van der Waals surface area (Å²) in [7, 11) is 0. The van der Waals surface area contributed by atoms with Crippen molar-refractivity contribution in [2.24, 2.45) is 29.1 Å². The van der Waals surface area contributed by atoms with Crippen LogP contribution in [0.4, 0.5) is 0 Å². The molecule has 0 aromatic rings. The van der Waals surface area contributed by atoms with Gasteiger partial charge in [0.15, 0.2) is 0 Å². The predicted octanol–water partition coefficient (Wildman–Crippen LogP) is 6.59. The third-order valence-corrected chi connectivity index (χ3v) is 8.51. The van der Waals surface area contributed by atoms with Crippen LogP contribution in [0.3, 0.4) is 0 Å². The van der Waals surface area contributed by atoms with Gasteiger partial charge in [0, 0.05) is 0 Å². The van der Waals surface area contributed by atoms with Gasteiger partial charge in [-0.25, -0.2) is 0 Å². The van der Waals surface area contributed by atoms with Gasteiger partial charge in [-0.2, -0.15) is 0 Å². The normalized spacial score (nSPS) is 37.9. The Morgan fingerprint density at radius 2 is 1.86 bits per heavy atom. The lowest BCUT2D eigenvalue weighted by molar-refractivity contribution is 0.0147. The maximum atomic E-state index is 10.9. The van der Waals surface area contributed by atoms with Gasteiger partial charge in [-0.05, 0) is 98.9 Å². The Kier molecular flexibility index (Phi) is 7.49. The second-order valence-electron chi connectivity index (χ2n) is 10.9. The van der Waals surface area contributed by atoms with Crippen LogP contribution in [0.15, 0.2) is 35.5 Å². The van der Waals surface area contributed by atoms with Crippen molar-refractivity contribution >= 4 is 0 Å². The minimum atomic E-state index is -0.203. The summed E-state index contributed by atoms with van der Waals surface area (Å²) in [6.07, 6.45) is 15.1. The van der Waals surface area contributed by atoms with Crippen LogP contribution in [0.5, 0.6) is 0 Å². The lowest BCUT2D eigenvalue weighted by atomic mass is 9.60. The molecule has 0 spiro atoms. The number of hydrogen-bond donors (Lipinski definition) is 2. The first-order valence-electron chi connectivity index (χ1n) is 12.2. The van der Waals surface area contributed by atoms with E-state index in [-0.39, 0.29) is 12.2 Å². The van der Waals surface area contributed by atoms with E-state index in [0.717, 1.165) is 32.1 Å². The summed E-state index contributed by atoms with van der Waals surface area (Å²) in [5, 5.41) is 20.9. The van der Waals surface area contributed by atoms with Gasteiger partial charge in [-0.15, -0.1) is 0 Å².